The third kappa shape index (κ3) is 3.70. The van der Waals surface area contributed by atoms with E-state index in [1.807, 2.05) is 5.32 Å². The summed E-state index contributed by atoms with van der Waals surface area (Å²) in [5.74, 6) is -6.64. The number of benzene rings is 1. The Morgan fingerprint density at radius 1 is 1.33 bits per heavy atom. The molecular weight excluding hydrogens is 383 g/mol. The van der Waals surface area contributed by atoms with Crippen LogP contribution in [0.15, 0.2) is 18.3 Å². The average Bonchev–Trinajstić information content (AvgIpc) is 2.57. The minimum absolute atomic E-state index is 0.452. The molecule has 0 atom stereocenters. The smallest absolute Gasteiger partial charge is 0.416 e. The van der Waals surface area contributed by atoms with Gasteiger partial charge in [-0.1, -0.05) is 0 Å². The SMILES string of the molecule is COc1c(F)c([N+](=O)[O-])c(N)c(F)c1C(=O)Nc1cc(C(F)(F)F)ccn1. The third-order valence-corrected chi connectivity index (χ3v) is 3.29. The van der Waals surface area contributed by atoms with Crippen LogP contribution in [0.2, 0.25) is 0 Å². The predicted octanol–water partition coefficient (Wildman–Crippen LogP) is 3.13. The molecule has 13 heteroatoms. The lowest BCUT2D eigenvalue weighted by molar-refractivity contribution is -0.386. The number of anilines is 2. The number of ether oxygens (including phenoxy) is 1. The minimum Gasteiger partial charge on any atom is -0.492 e. The van der Waals surface area contributed by atoms with Gasteiger partial charge in [-0.15, -0.1) is 0 Å². The first-order chi connectivity index (χ1) is 12.5. The summed E-state index contributed by atoms with van der Waals surface area (Å²) in [6.45, 7) is 0. The maximum atomic E-state index is 14.3. The summed E-state index contributed by atoms with van der Waals surface area (Å²) in [5.41, 5.74) is 0.114. The normalized spacial score (nSPS) is 11.2. The van der Waals surface area contributed by atoms with Crippen molar-refractivity contribution in [3.63, 3.8) is 0 Å². The minimum atomic E-state index is -4.74. The Hall–Kier alpha value is -3.51. The number of nitrogen functional groups attached to an aromatic ring is 1. The first-order valence-corrected chi connectivity index (χ1v) is 6.82. The fourth-order valence-electron chi connectivity index (χ4n) is 2.10. The molecule has 3 N–H and O–H groups in total. The van der Waals surface area contributed by atoms with Gasteiger partial charge in [0.05, 0.1) is 17.6 Å². The Labute approximate surface area is 146 Å². The fourth-order valence-corrected chi connectivity index (χ4v) is 2.10. The average molecular weight is 392 g/mol. The van der Waals surface area contributed by atoms with E-state index in [-0.39, 0.29) is 0 Å². The number of hydrogen-bond donors (Lipinski definition) is 2. The van der Waals surface area contributed by atoms with Crippen molar-refractivity contribution < 1.29 is 36.4 Å². The zero-order valence-corrected chi connectivity index (χ0v) is 13.2. The van der Waals surface area contributed by atoms with Gasteiger partial charge >= 0.3 is 11.9 Å². The number of amides is 1. The van der Waals surface area contributed by atoms with E-state index in [4.69, 9.17) is 5.73 Å². The van der Waals surface area contributed by atoms with Gasteiger partial charge in [-0.2, -0.15) is 17.6 Å². The van der Waals surface area contributed by atoms with Crippen molar-refractivity contribution in [2.75, 3.05) is 18.2 Å². The van der Waals surface area contributed by atoms with Crippen molar-refractivity contribution in [3.05, 3.63) is 51.2 Å². The molecule has 0 saturated carbocycles. The van der Waals surface area contributed by atoms with Crippen LogP contribution in [0.1, 0.15) is 15.9 Å². The number of nitrogens with two attached hydrogens (primary N) is 1. The molecule has 0 saturated heterocycles. The molecule has 1 aromatic heterocycles. The van der Waals surface area contributed by atoms with E-state index in [1.54, 1.807) is 0 Å². The van der Waals surface area contributed by atoms with Crippen LogP contribution >= 0.6 is 0 Å². The van der Waals surface area contributed by atoms with Gasteiger partial charge in [0.25, 0.3) is 5.91 Å². The highest BCUT2D eigenvalue weighted by Crippen LogP contribution is 2.39. The quantitative estimate of drug-likeness (QED) is 0.357. The van der Waals surface area contributed by atoms with Crippen LogP contribution in [-0.4, -0.2) is 22.9 Å². The van der Waals surface area contributed by atoms with Crippen molar-refractivity contribution in [2.24, 2.45) is 0 Å². The van der Waals surface area contributed by atoms with Crippen LogP contribution < -0.4 is 15.8 Å². The molecule has 0 aliphatic heterocycles. The topological polar surface area (TPSA) is 120 Å². The van der Waals surface area contributed by atoms with Crippen LogP contribution in [0.25, 0.3) is 0 Å². The Morgan fingerprint density at radius 2 is 1.96 bits per heavy atom. The second-order valence-electron chi connectivity index (χ2n) is 4.94. The molecule has 2 aromatic rings. The first-order valence-electron chi connectivity index (χ1n) is 6.82. The highest BCUT2D eigenvalue weighted by molar-refractivity contribution is 6.07. The van der Waals surface area contributed by atoms with Crippen LogP contribution in [0, 0.1) is 21.7 Å². The molecule has 1 amide bonds. The highest BCUT2D eigenvalue weighted by atomic mass is 19.4. The maximum absolute atomic E-state index is 14.3. The zero-order chi connectivity index (χ0) is 20.5. The number of alkyl halides is 3. The molecule has 2 rings (SSSR count). The van der Waals surface area contributed by atoms with E-state index in [1.165, 1.54) is 0 Å². The molecule has 0 bridgehead atoms. The number of nitro groups is 1. The van der Waals surface area contributed by atoms with E-state index in [0.29, 0.717) is 12.1 Å². The van der Waals surface area contributed by atoms with Gasteiger partial charge in [-0.05, 0) is 12.1 Å². The number of rotatable bonds is 4. The number of carbonyl (C=O) groups excluding carboxylic acids is 1. The number of nitrogens with one attached hydrogen (secondary N) is 1. The Morgan fingerprint density at radius 3 is 2.48 bits per heavy atom. The predicted molar refractivity (Wildman–Crippen MR) is 81.2 cm³/mol. The lowest BCUT2D eigenvalue weighted by Crippen LogP contribution is -2.19. The number of nitro benzene ring substituents is 1. The number of carbonyl (C=O) groups is 1. The van der Waals surface area contributed by atoms with Gasteiger partial charge in [0, 0.05) is 6.20 Å². The van der Waals surface area contributed by atoms with Crippen molar-refractivity contribution in [1.29, 1.82) is 0 Å². The summed E-state index contributed by atoms with van der Waals surface area (Å²) in [4.78, 5) is 25.2. The molecule has 1 aromatic carbocycles. The number of halogens is 5. The van der Waals surface area contributed by atoms with Crippen molar-refractivity contribution >= 4 is 23.1 Å². The number of nitrogens with zero attached hydrogens (tertiary/aromatic N) is 2. The standard InChI is InChI=1S/C14H9F5N4O4/c1-27-12-7(8(15)10(20)11(9(12)16)23(25)26)13(24)22-6-4-5(2-3-21-6)14(17,18)19/h2-4H,20H2,1H3,(H,21,22,24). The molecule has 0 aliphatic rings. The Kier molecular flexibility index (Phi) is 5.14. The van der Waals surface area contributed by atoms with Crippen molar-refractivity contribution in [2.45, 2.75) is 6.18 Å². The second-order valence-corrected chi connectivity index (χ2v) is 4.94. The Balaban J connectivity index is 2.53. The monoisotopic (exact) mass is 392 g/mol. The first kappa shape index (κ1) is 19.8. The molecule has 8 nitrogen and oxygen atoms in total. The van der Waals surface area contributed by atoms with Crippen molar-refractivity contribution in [3.8, 4) is 5.75 Å². The summed E-state index contributed by atoms with van der Waals surface area (Å²) < 4.78 is 71.1. The van der Waals surface area contributed by atoms with E-state index in [9.17, 15) is 36.9 Å². The largest absolute Gasteiger partial charge is 0.492 e. The van der Waals surface area contributed by atoms with Crippen LogP contribution in [0.5, 0.6) is 5.75 Å². The molecule has 0 fully saturated rings. The summed E-state index contributed by atoms with van der Waals surface area (Å²) in [6, 6.07) is 1.08. The molecule has 1 heterocycles. The number of pyridine rings is 1. The van der Waals surface area contributed by atoms with E-state index in [0.717, 1.165) is 13.3 Å². The lowest BCUT2D eigenvalue weighted by Gasteiger charge is -2.13. The van der Waals surface area contributed by atoms with Gasteiger partial charge in [-0.3, -0.25) is 14.9 Å². The van der Waals surface area contributed by atoms with Crippen LogP contribution in [0.3, 0.4) is 0 Å². The number of aromatic nitrogens is 1. The summed E-state index contributed by atoms with van der Waals surface area (Å²) >= 11 is 0. The van der Waals surface area contributed by atoms with E-state index in [2.05, 4.69) is 9.72 Å². The maximum Gasteiger partial charge on any atom is 0.416 e. The number of methoxy groups -OCH3 is 1. The number of hydrogen-bond acceptors (Lipinski definition) is 6. The molecule has 27 heavy (non-hydrogen) atoms. The molecule has 0 aliphatic carbocycles. The third-order valence-electron chi connectivity index (χ3n) is 3.29. The van der Waals surface area contributed by atoms with Gasteiger partial charge in [0.2, 0.25) is 5.82 Å². The zero-order valence-electron chi connectivity index (χ0n) is 13.2. The van der Waals surface area contributed by atoms with Gasteiger partial charge < -0.3 is 15.8 Å². The molecule has 144 valence electrons. The fraction of sp³-hybridized carbons (Fsp3) is 0.143. The summed E-state index contributed by atoms with van der Waals surface area (Å²) in [5, 5.41) is 12.6. The van der Waals surface area contributed by atoms with Gasteiger partial charge in [-0.25, -0.2) is 9.37 Å². The van der Waals surface area contributed by atoms with E-state index < -0.39 is 62.7 Å². The van der Waals surface area contributed by atoms with Crippen LogP contribution in [0.4, 0.5) is 39.1 Å². The van der Waals surface area contributed by atoms with Crippen LogP contribution in [-0.2, 0) is 6.18 Å². The summed E-state index contributed by atoms with van der Waals surface area (Å²) in [6.07, 6.45) is -4.01. The molecular formula is C14H9F5N4O4. The summed E-state index contributed by atoms with van der Waals surface area (Å²) in [7, 11) is 0.803. The van der Waals surface area contributed by atoms with Gasteiger partial charge in [0.15, 0.2) is 17.3 Å². The van der Waals surface area contributed by atoms with E-state index >= 15 is 0 Å². The molecule has 0 spiro atoms. The highest BCUT2D eigenvalue weighted by Gasteiger charge is 2.35. The molecule has 0 radical (unpaired) electrons. The van der Waals surface area contributed by atoms with Crippen molar-refractivity contribution in [1.82, 2.24) is 4.98 Å². The van der Waals surface area contributed by atoms with Gasteiger partial charge in [0.1, 0.15) is 11.4 Å². The lowest BCUT2D eigenvalue weighted by atomic mass is 10.1. The Bertz CT molecular complexity index is 933. The second kappa shape index (κ2) is 7.01. The molecule has 0 unspecified atom stereocenters.